The molecule has 2 aromatic rings. The third kappa shape index (κ3) is 2.11. The fraction of sp³-hybridized carbons (Fsp3) is 0.357. The number of nitrogens with zero attached hydrogens (tertiary/aromatic N) is 2. The highest BCUT2D eigenvalue weighted by atomic mass is 16.3. The predicted octanol–water partition coefficient (Wildman–Crippen LogP) is 2.43. The van der Waals surface area contributed by atoms with Crippen LogP contribution in [0, 0.1) is 20.8 Å². The first-order valence-corrected chi connectivity index (χ1v) is 5.75. The van der Waals surface area contributed by atoms with Crippen LogP contribution in [0.4, 0.5) is 0 Å². The SMILES string of the molecule is Cc1ccc(C(O)c2c(C)nn(C)c2C)cc1. The van der Waals surface area contributed by atoms with Crippen molar-refractivity contribution in [2.24, 2.45) is 7.05 Å². The summed E-state index contributed by atoms with van der Waals surface area (Å²) in [5.74, 6) is 0. The van der Waals surface area contributed by atoms with Gasteiger partial charge in [-0.1, -0.05) is 29.8 Å². The maximum atomic E-state index is 10.4. The summed E-state index contributed by atoms with van der Waals surface area (Å²) in [4.78, 5) is 0. The van der Waals surface area contributed by atoms with Crippen molar-refractivity contribution in [3.05, 3.63) is 52.3 Å². The highest BCUT2D eigenvalue weighted by Crippen LogP contribution is 2.27. The van der Waals surface area contributed by atoms with Gasteiger partial charge in [0.2, 0.25) is 0 Å². The summed E-state index contributed by atoms with van der Waals surface area (Å²) >= 11 is 0. The van der Waals surface area contributed by atoms with E-state index >= 15 is 0 Å². The number of aliphatic hydroxyl groups is 1. The van der Waals surface area contributed by atoms with Gasteiger partial charge in [-0.2, -0.15) is 5.10 Å². The van der Waals surface area contributed by atoms with Crippen LogP contribution in [0.25, 0.3) is 0 Å². The second-order valence-corrected chi connectivity index (χ2v) is 4.52. The Morgan fingerprint density at radius 3 is 2.18 bits per heavy atom. The predicted molar refractivity (Wildman–Crippen MR) is 67.9 cm³/mol. The molecule has 0 aliphatic carbocycles. The normalized spacial score (nSPS) is 12.8. The molecule has 1 aromatic heterocycles. The van der Waals surface area contributed by atoms with Crippen molar-refractivity contribution < 1.29 is 5.11 Å². The molecule has 2 rings (SSSR count). The molecule has 1 heterocycles. The second-order valence-electron chi connectivity index (χ2n) is 4.52. The molecule has 0 aliphatic rings. The maximum Gasteiger partial charge on any atom is 0.108 e. The minimum atomic E-state index is -0.593. The zero-order valence-corrected chi connectivity index (χ0v) is 10.7. The Labute approximate surface area is 102 Å². The lowest BCUT2D eigenvalue weighted by Gasteiger charge is -2.12. The molecule has 0 saturated heterocycles. The van der Waals surface area contributed by atoms with Crippen molar-refractivity contribution in [1.82, 2.24) is 9.78 Å². The van der Waals surface area contributed by atoms with Crippen LogP contribution in [-0.2, 0) is 7.05 Å². The van der Waals surface area contributed by atoms with E-state index in [1.165, 1.54) is 5.56 Å². The summed E-state index contributed by atoms with van der Waals surface area (Å²) in [7, 11) is 1.90. The van der Waals surface area contributed by atoms with Crippen LogP contribution in [0.3, 0.4) is 0 Å². The molecule has 0 fully saturated rings. The van der Waals surface area contributed by atoms with Gasteiger partial charge in [0.05, 0.1) is 5.69 Å². The Kier molecular flexibility index (Phi) is 3.03. The van der Waals surface area contributed by atoms with Gasteiger partial charge in [-0.15, -0.1) is 0 Å². The Morgan fingerprint density at radius 1 is 1.12 bits per heavy atom. The van der Waals surface area contributed by atoms with E-state index in [0.717, 1.165) is 22.5 Å². The van der Waals surface area contributed by atoms with Crippen molar-refractivity contribution in [3.63, 3.8) is 0 Å². The maximum absolute atomic E-state index is 10.4. The molecule has 1 N–H and O–H groups in total. The van der Waals surface area contributed by atoms with Gasteiger partial charge in [0, 0.05) is 18.3 Å². The van der Waals surface area contributed by atoms with Gasteiger partial charge in [-0.3, -0.25) is 4.68 Å². The lowest BCUT2D eigenvalue weighted by atomic mass is 9.99. The van der Waals surface area contributed by atoms with Crippen LogP contribution in [0.15, 0.2) is 24.3 Å². The number of hydrogen-bond acceptors (Lipinski definition) is 2. The quantitative estimate of drug-likeness (QED) is 0.860. The first kappa shape index (κ1) is 11.9. The van der Waals surface area contributed by atoms with E-state index in [9.17, 15) is 5.11 Å². The Balaban J connectivity index is 2.43. The minimum absolute atomic E-state index is 0.593. The topological polar surface area (TPSA) is 38.1 Å². The third-order valence-corrected chi connectivity index (χ3v) is 3.23. The molecular weight excluding hydrogens is 212 g/mol. The summed E-state index contributed by atoms with van der Waals surface area (Å²) in [6.45, 7) is 5.95. The van der Waals surface area contributed by atoms with Crippen LogP contribution in [-0.4, -0.2) is 14.9 Å². The summed E-state index contributed by atoms with van der Waals surface area (Å²) in [5.41, 5.74) is 4.92. The van der Waals surface area contributed by atoms with Crippen LogP contribution in [0.1, 0.15) is 34.2 Å². The third-order valence-electron chi connectivity index (χ3n) is 3.23. The summed E-state index contributed by atoms with van der Waals surface area (Å²) in [5, 5.41) is 14.7. The van der Waals surface area contributed by atoms with E-state index in [1.54, 1.807) is 0 Å². The van der Waals surface area contributed by atoms with Crippen molar-refractivity contribution in [2.75, 3.05) is 0 Å². The molecule has 90 valence electrons. The highest BCUT2D eigenvalue weighted by molar-refractivity contribution is 5.36. The lowest BCUT2D eigenvalue weighted by Crippen LogP contribution is -2.03. The van der Waals surface area contributed by atoms with E-state index in [2.05, 4.69) is 5.10 Å². The van der Waals surface area contributed by atoms with Gasteiger partial charge in [-0.05, 0) is 26.3 Å². The molecule has 17 heavy (non-hydrogen) atoms. The fourth-order valence-electron chi connectivity index (χ4n) is 2.10. The molecule has 0 radical (unpaired) electrons. The van der Waals surface area contributed by atoms with Crippen molar-refractivity contribution in [2.45, 2.75) is 26.9 Å². The zero-order chi connectivity index (χ0) is 12.6. The lowest BCUT2D eigenvalue weighted by molar-refractivity contribution is 0.218. The Bertz CT molecular complexity index is 526. The van der Waals surface area contributed by atoms with Gasteiger partial charge in [-0.25, -0.2) is 0 Å². The molecule has 3 heteroatoms. The molecule has 0 aliphatic heterocycles. The molecule has 3 nitrogen and oxygen atoms in total. The van der Waals surface area contributed by atoms with Gasteiger partial charge in [0.25, 0.3) is 0 Å². The zero-order valence-electron chi connectivity index (χ0n) is 10.7. The standard InChI is InChI=1S/C14H18N2O/c1-9-5-7-12(8-6-9)14(17)13-10(2)15-16(4)11(13)3/h5-8,14,17H,1-4H3. The van der Waals surface area contributed by atoms with Gasteiger partial charge in [0.15, 0.2) is 0 Å². The average molecular weight is 230 g/mol. The number of hydrogen-bond donors (Lipinski definition) is 1. The smallest absolute Gasteiger partial charge is 0.108 e. The minimum Gasteiger partial charge on any atom is -0.384 e. The van der Waals surface area contributed by atoms with E-state index in [1.807, 2.05) is 56.8 Å². The second kappa shape index (κ2) is 4.34. The van der Waals surface area contributed by atoms with Crippen LogP contribution < -0.4 is 0 Å². The molecule has 0 amide bonds. The molecule has 1 atom stereocenters. The van der Waals surface area contributed by atoms with E-state index in [4.69, 9.17) is 0 Å². The molecule has 0 bridgehead atoms. The van der Waals surface area contributed by atoms with Crippen LogP contribution in [0.2, 0.25) is 0 Å². The Hall–Kier alpha value is -1.61. The first-order chi connectivity index (χ1) is 8.00. The number of rotatable bonds is 2. The van der Waals surface area contributed by atoms with Gasteiger partial charge in [0.1, 0.15) is 6.10 Å². The molecule has 1 unspecified atom stereocenters. The Morgan fingerprint density at radius 2 is 1.71 bits per heavy atom. The van der Waals surface area contributed by atoms with Crippen molar-refractivity contribution in [1.29, 1.82) is 0 Å². The molecule has 1 aromatic carbocycles. The van der Waals surface area contributed by atoms with Crippen LogP contribution >= 0.6 is 0 Å². The van der Waals surface area contributed by atoms with Gasteiger partial charge >= 0.3 is 0 Å². The summed E-state index contributed by atoms with van der Waals surface area (Å²) in [6.07, 6.45) is -0.593. The molecule has 0 spiro atoms. The molecule has 0 saturated carbocycles. The fourth-order valence-corrected chi connectivity index (χ4v) is 2.10. The molecular formula is C14H18N2O. The largest absolute Gasteiger partial charge is 0.384 e. The highest BCUT2D eigenvalue weighted by Gasteiger charge is 2.19. The van der Waals surface area contributed by atoms with E-state index < -0.39 is 6.10 Å². The number of benzene rings is 1. The average Bonchev–Trinajstić information content (AvgIpc) is 2.53. The monoisotopic (exact) mass is 230 g/mol. The first-order valence-electron chi connectivity index (χ1n) is 5.75. The van der Waals surface area contributed by atoms with Crippen LogP contribution in [0.5, 0.6) is 0 Å². The summed E-state index contributed by atoms with van der Waals surface area (Å²) < 4.78 is 1.81. The van der Waals surface area contributed by atoms with E-state index in [-0.39, 0.29) is 0 Å². The van der Waals surface area contributed by atoms with Crippen molar-refractivity contribution >= 4 is 0 Å². The summed E-state index contributed by atoms with van der Waals surface area (Å²) in [6, 6.07) is 7.96. The number of aromatic nitrogens is 2. The van der Waals surface area contributed by atoms with Crippen molar-refractivity contribution in [3.8, 4) is 0 Å². The van der Waals surface area contributed by atoms with Gasteiger partial charge < -0.3 is 5.11 Å². The number of aliphatic hydroxyl groups excluding tert-OH is 1. The number of aryl methyl sites for hydroxylation is 3. The van der Waals surface area contributed by atoms with E-state index in [0.29, 0.717) is 0 Å².